The lowest BCUT2D eigenvalue weighted by atomic mass is 10.5. The van der Waals surface area contributed by atoms with Crippen molar-refractivity contribution in [1.82, 2.24) is 0 Å². The maximum Gasteiger partial charge on any atom is 0.302 e. The van der Waals surface area contributed by atoms with E-state index in [0.29, 0.717) is 12.7 Å². The van der Waals surface area contributed by atoms with E-state index in [1.807, 2.05) is 13.8 Å². The summed E-state index contributed by atoms with van der Waals surface area (Å²) in [4.78, 5) is 9.82. The molecule has 13 heavy (non-hydrogen) atoms. The van der Waals surface area contributed by atoms with Gasteiger partial charge in [-0.3, -0.25) is 4.79 Å². The summed E-state index contributed by atoms with van der Waals surface area (Å²) in [6.07, 6.45) is 0.324. The molecule has 1 fully saturated rings. The van der Waals surface area contributed by atoms with Crippen LogP contribution in [0, 0.1) is 0 Å². The molecule has 1 rings (SSSR count). The summed E-state index contributed by atoms with van der Waals surface area (Å²) in [6, 6.07) is 0. The molecule has 0 N–H and O–H groups in total. The first kappa shape index (κ1) is 12.4. The summed E-state index contributed by atoms with van der Waals surface area (Å²) < 4.78 is 14.6. The number of carbonyl (C=O) groups is 1. The Morgan fingerprint density at radius 2 is 2.15 bits per heavy atom. The lowest BCUT2D eigenvalue weighted by Crippen LogP contribution is -2.03. The zero-order valence-electron chi connectivity index (χ0n) is 8.70. The van der Waals surface area contributed by atoms with E-state index in [0.717, 1.165) is 6.61 Å². The quantitative estimate of drug-likeness (QED) is 0.585. The van der Waals surface area contributed by atoms with Crippen LogP contribution in [0.2, 0.25) is 0 Å². The molecular weight excluding hydrogens is 172 g/mol. The van der Waals surface area contributed by atoms with Gasteiger partial charge in [0, 0.05) is 6.92 Å². The Hall–Kier alpha value is -0.610. The predicted molar refractivity (Wildman–Crippen MR) is 48.3 cm³/mol. The fourth-order valence-corrected chi connectivity index (χ4v) is 0.880. The van der Waals surface area contributed by atoms with Gasteiger partial charge in [-0.2, -0.15) is 0 Å². The summed E-state index contributed by atoms with van der Waals surface area (Å²) >= 11 is 0. The van der Waals surface area contributed by atoms with Crippen LogP contribution in [0.25, 0.3) is 0 Å². The molecule has 0 aromatic rings. The Labute approximate surface area is 79.2 Å². The highest BCUT2D eigenvalue weighted by atomic mass is 16.7. The zero-order valence-corrected chi connectivity index (χ0v) is 8.70. The van der Waals surface area contributed by atoms with Crippen molar-refractivity contribution < 1.29 is 19.0 Å². The highest BCUT2D eigenvalue weighted by molar-refractivity contribution is 5.65. The Bertz CT molecular complexity index is 139. The number of hydrogen-bond donors (Lipinski definition) is 0. The molecule has 4 nitrogen and oxygen atoms in total. The van der Waals surface area contributed by atoms with Crippen LogP contribution >= 0.6 is 0 Å². The van der Waals surface area contributed by atoms with Gasteiger partial charge in [0.15, 0.2) is 6.29 Å². The highest BCUT2D eigenvalue weighted by Gasteiger charge is 2.16. The molecule has 2 unspecified atom stereocenters. The van der Waals surface area contributed by atoms with Crippen LogP contribution < -0.4 is 0 Å². The number of carbonyl (C=O) groups excluding carboxylic acids is 1. The second-order valence-electron chi connectivity index (χ2n) is 2.77. The summed E-state index contributed by atoms with van der Waals surface area (Å²) in [5.41, 5.74) is 0. The van der Waals surface area contributed by atoms with Crippen molar-refractivity contribution in [2.24, 2.45) is 0 Å². The Morgan fingerprint density at radius 3 is 2.23 bits per heavy atom. The molecule has 1 aliphatic rings. The molecule has 0 aromatic heterocycles. The monoisotopic (exact) mass is 190 g/mol. The van der Waals surface area contributed by atoms with Gasteiger partial charge in [-0.05, 0) is 20.8 Å². The Morgan fingerprint density at radius 1 is 1.54 bits per heavy atom. The lowest BCUT2D eigenvalue weighted by molar-refractivity contribution is -0.140. The van der Waals surface area contributed by atoms with Gasteiger partial charge in [-0.25, -0.2) is 0 Å². The van der Waals surface area contributed by atoms with E-state index in [-0.39, 0.29) is 12.3 Å². The standard InChI is InChI=1S/C5H10O2.C4H8O2/c1-4-3-6-5(2)7-4;1-3-6-4(2)5/h4-5H,3H2,1-2H3;3H2,1-2H3. The number of hydrogen-bond acceptors (Lipinski definition) is 4. The second-order valence-corrected chi connectivity index (χ2v) is 2.77. The Kier molecular flexibility index (Phi) is 6.54. The van der Waals surface area contributed by atoms with Crippen LogP contribution in [0.3, 0.4) is 0 Å². The molecular formula is C9H18O4. The van der Waals surface area contributed by atoms with Crippen molar-refractivity contribution in [1.29, 1.82) is 0 Å². The Balaban J connectivity index is 0.000000226. The summed E-state index contributed by atoms with van der Waals surface area (Å²) in [7, 11) is 0. The van der Waals surface area contributed by atoms with Crippen LogP contribution in [-0.2, 0) is 19.0 Å². The second kappa shape index (κ2) is 6.86. The summed E-state index contributed by atoms with van der Waals surface area (Å²) in [5, 5.41) is 0. The van der Waals surface area contributed by atoms with Crippen molar-refractivity contribution >= 4 is 5.97 Å². The van der Waals surface area contributed by atoms with Gasteiger partial charge in [-0.15, -0.1) is 0 Å². The molecule has 0 aliphatic carbocycles. The number of esters is 1. The molecule has 1 heterocycles. The maximum atomic E-state index is 9.82. The van der Waals surface area contributed by atoms with Crippen LogP contribution in [-0.4, -0.2) is 31.6 Å². The van der Waals surface area contributed by atoms with E-state index >= 15 is 0 Å². The number of rotatable bonds is 1. The average molecular weight is 190 g/mol. The van der Waals surface area contributed by atoms with Gasteiger partial charge in [0.25, 0.3) is 0 Å². The molecule has 0 radical (unpaired) electrons. The largest absolute Gasteiger partial charge is 0.466 e. The first-order chi connectivity index (χ1) is 6.06. The zero-order chi connectivity index (χ0) is 10.3. The SMILES string of the molecule is CC1COC(C)O1.CCOC(C)=O. The van der Waals surface area contributed by atoms with Gasteiger partial charge in [-0.1, -0.05) is 0 Å². The summed E-state index contributed by atoms with van der Waals surface area (Å²) in [6.45, 7) is 8.31. The van der Waals surface area contributed by atoms with Crippen molar-refractivity contribution in [3.05, 3.63) is 0 Å². The molecule has 0 amide bonds. The van der Waals surface area contributed by atoms with E-state index in [1.54, 1.807) is 6.92 Å². The fraction of sp³-hybridized carbons (Fsp3) is 0.889. The van der Waals surface area contributed by atoms with Gasteiger partial charge < -0.3 is 14.2 Å². The minimum atomic E-state index is -0.211. The molecule has 78 valence electrons. The number of ether oxygens (including phenoxy) is 3. The first-order valence-electron chi connectivity index (χ1n) is 4.46. The maximum absolute atomic E-state index is 9.82. The van der Waals surface area contributed by atoms with Gasteiger partial charge >= 0.3 is 5.97 Å². The lowest BCUT2D eigenvalue weighted by Gasteiger charge is -1.98. The van der Waals surface area contributed by atoms with Crippen molar-refractivity contribution in [2.45, 2.75) is 40.1 Å². The predicted octanol–water partition coefficient (Wildman–Crippen LogP) is 1.34. The third-order valence-corrected chi connectivity index (χ3v) is 1.34. The molecule has 0 bridgehead atoms. The molecule has 2 atom stereocenters. The molecule has 4 heteroatoms. The van der Waals surface area contributed by atoms with Crippen LogP contribution in [0.15, 0.2) is 0 Å². The summed E-state index contributed by atoms with van der Waals surface area (Å²) in [5.74, 6) is -0.211. The minimum absolute atomic E-state index is 0.0231. The van der Waals surface area contributed by atoms with E-state index in [9.17, 15) is 4.79 Å². The molecule has 1 aliphatic heterocycles. The molecule has 1 saturated heterocycles. The molecule has 0 aromatic carbocycles. The average Bonchev–Trinajstić information content (AvgIpc) is 2.35. The van der Waals surface area contributed by atoms with Gasteiger partial charge in [0.2, 0.25) is 0 Å². The van der Waals surface area contributed by atoms with Gasteiger partial charge in [0.05, 0.1) is 19.3 Å². The van der Waals surface area contributed by atoms with Gasteiger partial charge in [0.1, 0.15) is 0 Å². The van der Waals surface area contributed by atoms with Crippen molar-refractivity contribution in [2.75, 3.05) is 13.2 Å². The molecule has 0 saturated carbocycles. The van der Waals surface area contributed by atoms with Crippen molar-refractivity contribution in [3.8, 4) is 0 Å². The fourth-order valence-electron chi connectivity index (χ4n) is 0.880. The smallest absolute Gasteiger partial charge is 0.302 e. The first-order valence-corrected chi connectivity index (χ1v) is 4.46. The minimum Gasteiger partial charge on any atom is -0.466 e. The van der Waals surface area contributed by atoms with E-state index in [1.165, 1.54) is 6.92 Å². The van der Waals surface area contributed by atoms with E-state index < -0.39 is 0 Å². The third kappa shape index (κ3) is 7.74. The van der Waals surface area contributed by atoms with Crippen LogP contribution in [0.1, 0.15) is 27.7 Å². The normalized spacial score (nSPS) is 26.2. The van der Waals surface area contributed by atoms with Crippen LogP contribution in [0.5, 0.6) is 0 Å². The van der Waals surface area contributed by atoms with E-state index in [4.69, 9.17) is 9.47 Å². The van der Waals surface area contributed by atoms with E-state index in [2.05, 4.69) is 4.74 Å². The highest BCUT2D eigenvalue weighted by Crippen LogP contribution is 2.08. The topological polar surface area (TPSA) is 44.8 Å². The van der Waals surface area contributed by atoms with Crippen molar-refractivity contribution in [3.63, 3.8) is 0 Å². The van der Waals surface area contributed by atoms with Crippen LogP contribution in [0.4, 0.5) is 0 Å². The third-order valence-electron chi connectivity index (χ3n) is 1.34. The molecule has 0 spiro atoms.